The van der Waals surface area contributed by atoms with Crippen LogP contribution in [0.4, 0.5) is 10.6 Å². The molecule has 0 aliphatic heterocycles. The van der Waals surface area contributed by atoms with Crippen molar-refractivity contribution in [3.63, 3.8) is 0 Å². The van der Waals surface area contributed by atoms with E-state index in [1.807, 2.05) is 59.8 Å². The molecule has 0 fully saturated rings. The highest BCUT2D eigenvalue weighted by atomic mass is 16.3. The lowest BCUT2D eigenvalue weighted by Crippen LogP contribution is -2.28. The van der Waals surface area contributed by atoms with Gasteiger partial charge in [0.1, 0.15) is 5.82 Å². The van der Waals surface area contributed by atoms with Gasteiger partial charge < -0.3 is 10.4 Å². The zero-order valence-electron chi connectivity index (χ0n) is 22.3. The largest absolute Gasteiger partial charge is 0.388 e. The van der Waals surface area contributed by atoms with E-state index in [0.717, 1.165) is 27.6 Å². The quantitative estimate of drug-likeness (QED) is 0.355. The molecule has 0 spiro atoms. The van der Waals surface area contributed by atoms with Crippen molar-refractivity contribution in [2.75, 3.05) is 11.9 Å². The maximum atomic E-state index is 11.6. The molecule has 0 aliphatic carbocycles. The highest BCUT2D eigenvalue weighted by Crippen LogP contribution is 2.26. The summed E-state index contributed by atoms with van der Waals surface area (Å²) in [4.78, 5) is 20.5. The number of pyridine rings is 2. The molecule has 34 heavy (non-hydrogen) atoms. The van der Waals surface area contributed by atoms with Gasteiger partial charge in [-0.05, 0) is 56.0 Å². The average molecular weight is 469 g/mol. The van der Waals surface area contributed by atoms with Gasteiger partial charge in [0.15, 0.2) is 0 Å². The van der Waals surface area contributed by atoms with Crippen LogP contribution in [-0.4, -0.2) is 33.8 Å². The third-order valence-electron chi connectivity index (χ3n) is 4.89. The number of hydrogen-bond acceptors (Lipinski definition) is 4. The van der Waals surface area contributed by atoms with Crippen LogP contribution in [0.3, 0.4) is 0 Å². The second-order valence-corrected chi connectivity index (χ2v) is 7.50. The minimum Gasteiger partial charge on any atom is -0.388 e. The van der Waals surface area contributed by atoms with Crippen molar-refractivity contribution in [3.8, 4) is 0 Å². The Labute approximate surface area is 206 Å². The van der Waals surface area contributed by atoms with Crippen molar-refractivity contribution >= 4 is 28.2 Å². The zero-order chi connectivity index (χ0) is 26.1. The second kappa shape index (κ2) is 17.5. The number of aliphatic hydroxyl groups is 1. The van der Waals surface area contributed by atoms with Gasteiger partial charge >= 0.3 is 6.03 Å². The number of amides is 2. The molecule has 2 aromatic heterocycles. The van der Waals surface area contributed by atoms with Crippen molar-refractivity contribution < 1.29 is 9.90 Å². The molecule has 0 bridgehead atoms. The number of aliphatic hydroxyl groups excluding tert-OH is 1. The van der Waals surface area contributed by atoms with Crippen molar-refractivity contribution in [2.24, 2.45) is 0 Å². The van der Waals surface area contributed by atoms with Crippen LogP contribution in [0.5, 0.6) is 0 Å². The Morgan fingerprint density at radius 1 is 1.09 bits per heavy atom. The van der Waals surface area contributed by atoms with E-state index in [1.54, 1.807) is 18.5 Å². The molecule has 3 N–H and O–H groups in total. The van der Waals surface area contributed by atoms with Gasteiger partial charge in [0, 0.05) is 29.7 Å². The standard InChI is InChI=1S/C22H28N4O2.C4H10.C2H6/c1-6-18(14(4)9-15(5)20(27)7-2)19-10-16-13-25-21(11-17(16)12-24-19)26-22(28)23-8-3;1-3-4-2;1-2/h6,9-13,20,27H,5,7-8H2,1-4H3,(H2,23,25,26,28);3-4H2,1-2H3;1-2H3/b14-9-,18-6+;;. The third kappa shape index (κ3) is 10.3. The fourth-order valence-electron chi connectivity index (χ4n) is 2.87. The number of rotatable bonds is 8. The molecule has 2 aromatic rings. The van der Waals surface area contributed by atoms with E-state index in [9.17, 15) is 9.90 Å². The zero-order valence-corrected chi connectivity index (χ0v) is 22.3. The van der Waals surface area contributed by atoms with Gasteiger partial charge in [-0.1, -0.05) is 66.2 Å². The van der Waals surface area contributed by atoms with E-state index in [1.165, 1.54) is 12.8 Å². The highest BCUT2D eigenvalue weighted by Gasteiger charge is 2.10. The van der Waals surface area contributed by atoms with Gasteiger partial charge in [-0.2, -0.15) is 0 Å². The molecule has 1 unspecified atom stereocenters. The molecule has 0 radical (unpaired) electrons. The topological polar surface area (TPSA) is 87.1 Å². The molecule has 0 saturated carbocycles. The molecule has 6 heteroatoms. The fourth-order valence-corrected chi connectivity index (χ4v) is 2.87. The maximum absolute atomic E-state index is 11.6. The first-order chi connectivity index (χ1) is 16.3. The first kappa shape index (κ1) is 31.0. The number of hydrogen-bond donors (Lipinski definition) is 3. The molecular formula is C28H44N4O2. The fraction of sp³-hybridized carbons (Fsp3) is 0.464. The number of urea groups is 1. The number of anilines is 1. The summed E-state index contributed by atoms with van der Waals surface area (Å²) < 4.78 is 0. The summed E-state index contributed by atoms with van der Waals surface area (Å²) in [6.07, 6.45) is 10.1. The number of carbonyl (C=O) groups excluding carboxylic acids is 1. The molecular weight excluding hydrogens is 424 g/mol. The Bertz CT molecular complexity index is 962. The minimum atomic E-state index is -0.544. The molecule has 0 aliphatic rings. The summed E-state index contributed by atoms with van der Waals surface area (Å²) in [5.74, 6) is 0.472. The predicted molar refractivity (Wildman–Crippen MR) is 147 cm³/mol. The molecule has 188 valence electrons. The van der Waals surface area contributed by atoms with Crippen LogP contribution in [-0.2, 0) is 0 Å². The van der Waals surface area contributed by atoms with Crippen LogP contribution >= 0.6 is 0 Å². The number of unbranched alkanes of at least 4 members (excludes halogenated alkanes) is 1. The Morgan fingerprint density at radius 2 is 1.68 bits per heavy atom. The summed E-state index contributed by atoms with van der Waals surface area (Å²) in [5, 5.41) is 17.1. The average Bonchev–Trinajstić information content (AvgIpc) is 2.85. The molecule has 2 amide bonds. The Kier molecular flexibility index (Phi) is 15.9. The van der Waals surface area contributed by atoms with Crippen molar-refractivity contribution in [3.05, 3.63) is 60.1 Å². The number of carbonyl (C=O) groups is 1. The lowest BCUT2D eigenvalue weighted by Gasteiger charge is -2.12. The van der Waals surface area contributed by atoms with Crippen LogP contribution in [0.15, 0.2) is 54.4 Å². The van der Waals surface area contributed by atoms with Crippen LogP contribution in [0, 0.1) is 0 Å². The number of aromatic nitrogens is 2. The van der Waals surface area contributed by atoms with Crippen molar-refractivity contribution in [2.45, 2.75) is 80.8 Å². The number of nitrogens with one attached hydrogen (secondary N) is 2. The number of nitrogens with zero attached hydrogens (tertiary/aromatic N) is 2. The van der Waals surface area contributed by atoms with Gasteiger partial charge in [-0.15, -0.1) is 0 Å². The first-order valence-electron chi connectivity index (χ1n) is 12.3. The second-order valence-electron chi connectivity index (χ2n) is 7.50. The van der Waals surface area contributed by atoms with Crippen molar-refractivity contribution in [1.29, 1.82) is 0 Å². The van der Waals surface area contributed by atoms with Gasteiger partial charge in [0.05, 0.1) is 11.8 Å². The van der Waals surface area contributed by atoms with Gasteiger partial charge in [-0.3, -0.25) is 10.3 Å². The molecule has 6 nitrogen and oxygen atoms in total. The molecule has 2 heterocycles. The van der Waals surface area contributed by atoms with E-state index in [-0.39, 0.29) is 6.03 Å². The van der Waals surface area contributed by atoms with Crippen LogP contribution < -0.4 is 10.6 Å². The summed E-state index contributed by atoms with van der Waals surface area (Å²) in [7, 11) is 0. The summed E-state index contributed by atoms with van der Waals surface area (Å²) in [6.45, 7) is 20.6. The van der Waals surface area contributed by atoms with E-state index in [0.29, 0.717) is 24.4 Å². The third-order valence-corrected chi connectivity index (χ3v) is 4.89. The lowest BCUT2D eigenvalue weighted by atomic mass is 9.98. The molecule has 0 aromatic carbocycles. The van der Waals surface area contributed by atoms with Gasteiger partial charge in [0.2, 0.25) is 0 Å². The van der Waals surface area contributed by atoms with Crippen LogP contribution in [0.2, 0.25) is 0 Å². The Hall–Kier alpha value is -2.99. The highest BCUT2D eigenvalue weighted by molar-refractivity contribution is 5.92. The first-order valence-corrected chi connectivity index (χ1v) is 12.3. The van der Waals surface area contributed by atoms with E-state index in [4.69, 9.17) is 0 Å². The Balaban J connectivity index is 0.00000164. The lowest BCUT2D eigenvalue weighted by molar-refractivity contribution is 0.211. The normalized spacial score (nSPS) is 12.0. The molecule has 1 atom stereocenters. The van der Waals surface area contributed by atoms with Gasteiger partial charge in [-0.25, -0.2) is 9.78 Å². The van der Waals surface area contributed by atoms with E-state index in [2.05, 4.69) is 41.0 Å². The predicted octanol–water partition coefficient (Wildman–Crippen LogP) is 7.28. The Morgan fingerprint density at radius 3 is 2.21 bits per heavy atom. The summed E-state index contributed by atoms with van der Waals surface area (Å²) >= 11 is 0. The smallest absolute Gasteiger partial charge is 0.320 e. The summed E-state index contributed by atoms with van der Waals surface area (Å²) in [6, 6.07) is 3.47. The number of allylic oxidation sites excluding steroid dienone is 3. The van der Waals surface area contributed by atoms with Crippen LogP contribution in [0.1, 0.15) is 80.3 Å². The van der Waals surface area contributed by atoms with E-state index >= 15 is 0 Å². The molecule has 2 rings (SSSR count). The monoisotopic (exact) mass is 468 g/mol. The minimum absolute atomic E-state index is 0.287. The SMILES string of the molecule is C=C(/C=C(C)\C(=C/C)c1cc2cnc(NC(=O)NCC)cc2cn1)C(O)CC.CC.CCCC. The van der Waals surface area contributed by atoms with E-state index < -0.39 is 6.10 Å². The van der Waals surface area contributed by atoms with Gasteiger partial charge in [0.25, 0.3) is 0 Å². The summed E-state index contributed by atoms with van der Waals surface area (Å²) in [5.41, 5.74) is 3.45. The molecule has 0 saturated heterocycles. The van der Waals surface area contributed by atoms with Crippen molar-refractivity contribution in [1.82, 2.24) is 15.3 Å². The maximum Gasteiger partial charge on any atom is 0.320 e. The van der Waals surface area contributed by atoms with Crippen LogP contribution in [0.25, 0.3) is 16.3 Å². The number of fused-ring (bicyclic) bond motifs is 1.